The molecular formula is C16H30N2O. The minimum absolute atomic E-state index is 0.0813. The Morgan fingerprint density at radius 3 is 2.37 bits per heavy atom. The van der Waals surface area contributed by atoms with Crippen LogP contribution < -0.4 is 10.6 Å². The molecule has 2 fully saturated rings. The van der Waals surface area contributed by atoms with E-state index in [4.69, 9.17) is 0 Å². The van der Waals surface area contributed by atoms with Crippen molar-refractivity contribution in [2.75, 3.05) is 0 Å². The van der Waals surface area contributed by atoms with Crippen LogP contribution in [0.15, 0.2) is 0 Å². The molecule has 3 unspecified atom stereocenters. The third-order valence-corrected chi connectivity index (χ3v) is 4.38. The average molecular weight is 266 g/mol. The highest BCUT2D eigenvalue weighted by Gasteiger charge is 2.35. The molecule has 2 aliphatic carbocycles. The molecule has 2 saturated carbocycles. The van der Waals surface area contributed by atoms with Gasteiger partial charge in [0.25, 0.3) is 0 Å². The van der Waals surface area contributed by atoms with Gasteiger partial charge in [-0.25, -0.2) is 0 Å². The number of rotatable bonds is 4. The van der Waals surface area contributed by atoms with Gasteiger partial charge in [-0.05, 0) is 65.2 Å². The van der Waals surface area contributed by atoms with E-state index in [0.29, 0.717) is 6.04 Å². The highest BCUT2D eigenvalue weighted by atomic mass is 16.2. The van der Waals surface area contributed by atoms with E-state index in [9.17, 15) is 4.79 Å². The Labute approximate surface area is 117 Å². The second-order valence-corrected chi connectivity index (χ2v) is 7.59. The minimum Gasteiger partial charge on any atom is -0.350 e. The molecule has 0 aromatic rings. The van der Waals surface area contributed by atoms with Crippen molar-refractivity contribution in [2.24, 2.45) is 11.8 Å². The molecule has 0 aliphatic heterocycles. The molecule has 0 bridgehead atoms. The third kappa shape index (κ3) is 4.79. The van der Waals surface area contributed by atoms with Crippen LogP contribution in [0.3, 0.4) is 0 Å². The molecule has 0 aromatic carbocycles. The number of hydrogen-bond donors (Lipinski definition) is 2. The molecule has 3 atom stereocenters. The predicted molar refractivity (Wildman–Crippen MR) is 79.0 cm³/mol. The zero-order chi connectivity index (χ0) is 14.0. The number of carbonyl (C=O) groups excluding carboxylic acids is 1. The average Bonchev–Trinajstić information content (AvgIpc) is 3.10. The van der Waals surface area contributed by atoms with Gasteiger partial charge in [-0.1, -0.05) is 12.8 Å². The van der Waals surface area contributed by atoms with E-state index in [1.807, 2.05) is 27.7 Å². The minimum atomic E-state index is -0.143. The first-order valence-electron chi connectivity index (χ1n) is 7.93. The lowest BCUT2D eigenvalue weighted by atomic mass is 9.82. The summed E-state index contributed by atoms with van der Waals surface area (Å²) in [6, 6.07) is 0.460. The lowest BCUT2D eigenvalue weighted by Crippen LogP contribution is -2.52. The van der Waals surface area contributed by atoms with Gasteiger partial charge in [0.05, 0.1) is 6.04 Å². The van der Waals surface area contributed by atoms with Crippen molar-refractivity contribution in [1.82, 2.24) is 10.6 Å². The summed E-state index contributed by atoms with van der Waals surface area (Å²) >= 11 is 0. The Bertz CT molecular complexity index is 317. The fourth-order valence-corrected chi connectivity index (χ4v) is 3.28. The SMILES string of the molecule is CC(NC1CCCC(C2CC2)C1)C(=O)NC(C)(C)C. The molecule has 2 N–H and O–H groups in total. The van der Waals surface area contributed by atoms with Crippen molar-refractivity contribution in [3.63, 3.8) is 0 Å². The zero-order valence-corrected chi connectivity index (χ0v) is 13.0. The third-order valence-electron chi connectivity index (χ3n) is 4.38. The van der Waals surface area contributed by atoms with Crippen LogP contribution in [0.1, 0.15) is 66.2 Å². The monoisotopic (exact) mass is 266 g/mol. The quantitative estimate of drug-likeness (QED) is 0.821. The van der Waals surface area contributed by atoms with Gasteiger partial charge < -0.3 is 10.6 Å². The first kappa shape index (κ1) is 14.8. The van der Waals surface area contributed by atoms with Crippen LogP contribution >= 0.6 is 0 Å². The van der Waals surface area contributed by atoms with Gasteiger partial charge in [0, 0.05) is 11.6 Å². The Kier molecular flexibility index (Phi) is 4.54. The van der Waals surface area contributed by atoms with Crippen molar-refractivity contribution >= 4 is 5.91 Å². The smallest absolute Gasteiger partial charge is 0.237 e. The molecule has 0 radical (unpaired) electrons. The topological polar surface area (TPSA) is 41.1 Å². The van der Waals surface area contributed by atoms with E-state index in [1.54, 1.807) is 0 Å². The summed E-state index contributed by atoms with van der Waals surface area (Å²) in [5.74, 6) is 2.05. The molecule has 0 aromatic heterocycles. The maximum atomic E-state index is 12.1. The largest absolute Gasteiger partial charge is 0.350 e. The summed E-state index contributed by atoms with van der Waals surface area (Å²) < 4.78 is 0. The zero-order valence-electron chi connectivity index (χ0n) is 13.0. The van der Waals surface area contributed by atoms with E-state index in [2.05, 4.69) is 10.6 Å². The standard InChI is InChI=1S/C16H30N2O/c1-11(15(19)18-16(2,3)4)17-14-7-5-6-13(10-14)12-8-9-12/h11-14,17H,5-10H2,1-4H3,(H,18,19). The molecule has 0 spiro atoms. The number of amides is 1. The molecule has 0 saturated heterocycles. The van der Waals surface area contributed by atoms with Crippen LogP contribution in [0, 0.1) is 11.8 Å². The number of nitrogens with one attached hydrogen (secondary N) is 2. The normalized spacial score (nSPS) is 29.9. The summed E-state index contributed by atoms with van der Waals surface area (Å²) in [4.78, 5) is 12.1. The summed E-state index contributed by atoms with van der Waals surface area (Å²) in [7, 11) is 0. The Balaban J connectivity index is 1.77. The van der Waals surface area contributed by atoms with Crippen LogP contribution in [0.25, 0.3) is 0 Å². The first-order chi connectivity index (χ1) is 8.85. The van der Waals surface area contributed by atoms with E-state index in [0.717, 1.165) is 11.8 Å². The second-order valence-electron chi connectivity index (χ2n) is 7.59. The van der Waals surface area contributed by atoms with E-state index in [-0.39, 0.29) is 17.5 Å². The van der Waals surface area contributed by atoms with Crippen LogP contribution in [-0.2, 0) is 4.79 Å². The number of carbonyl (C=O) groups is 1. The number of hydrogen-bond acceptors (Lipinski definition) is 2. The Morgan fingerprint density at radius 2 is 1.79 bits per heavy atom. The lowest BCUT2D eigenvalue weighted by Gasteiger charge is -2.32. The van der Waals surface area contributed by atoms with Gasteiger partial charge >= 0.3 is 0 Å². The van der Waals surface area contributed by atoms with Crippen LogP contribution in [0.2, 0.25) is 0 Å². The van der Waals surface area contributed by atoms with Gasteiger partial charge in [0.15, 0.2) is 0 Å². The molecular weight excluding hydrogens is 236 g/mol. The van der Waals surface area contributed by atoms with Gasteiger partial charge in [-0.15, -0.1) is 0 Å². The lowest BCUT2D eigenvalue weighted by molar-refractivity contribution is -0.124. The highest BCUT2D eigenvalue weighted by molar-refractivity contribution is 5.81. The van der Waals surface area contributed by atoms with Crippen molar-refractivity contribution in [2.45, 2.75) is 83.8 Å². The van der Waals surface area contributed by atoms with Gasteiger partial charge in [0.1, 0.15) is 0 Å². The predicted octanol–water partition coefficient (Wildman–Crippen LogP) is 2.85. The second kappa shape index (κ2) is 5.82. The molecule has 110 valence electrons. The van der Waals surface area contributed by atoms with Crippen LogP contribution in [0.4, 0.5) is 0 Å². The van der Waals surface area contributed by atoms with Crippen LogP contribution in [0.5, 0.6) is 0 Å². The van der Waals surface area contributed by atoms with Crippen molar-refractivity contribution in [1.29, 1.82) is 0 Å². The Hall–Kier alpha value is -0.570. The van der Waals surface area contributed by atoms with Gasteiger partial charge in [-0.3, -0.25) is 4.79 Å². The maximum Gasteiger partial charge on any atom is 0.237 e. The van der Waals surface area contributed by atoms with Crippen molar-refractivity contribution < 1.29 is 4.79 Å². The van der Waals surface area contributed by atoms with Gasteiger partial charge in [0.2, 0.25) is 5.91 Å². The highest BCUT2D eigenvalue weighted by Crippen LogP contribution is 2.43. The Morgan fingerprint density at radius 1 is 1.11 bits per heavy atom. The van der Waals surface area contributed by atoms with Crippen molar-refractivity contribution in [3.05, 3.63) is 0 Å². The molecule has 2 rings (SSSR count). The van der Waals surface area contributed by atoms with E-state index < -0.39 is 0 Å². The fourth-order valence-electron chi connectivity index (χ4n) is 3.28. The summed E-state index contributed by atoms with van der Waals surface area (Å²) in [6.45, 7) is 8.08. The van der Waals surface area contributed by atoms with E-state index >= 15 is 0 Å². The van der Waals surface area contributed by atoms with Gasteiger partial charge in [-0.2, -0.15) is 0 Å². The molecule has 1 amide bonds. The summed E-state index contributed by atoms with van der Waals surface area (Å²) in [5.41, 5.74) is -0.143. The van der Waals surface area contributed by atoms with E-state index in [1.165, 1.54) is 38.5 Å². The molecule has 3 nitrogen and oxygen atoms in total. The molecule has 3 heteroatoms. The van der Waals surface area contributed by atoms with Crippen LogP contribution in [-0.4, -0.2) is 23.5 Å². The molecule has 2 aliphatic rings. The molecule has 19 heavy (non-hydrogen) atoms. The summed E-state index contributed by atoms with van der Waals surface area (Å²) in [6.07, 6.45) is 8.13. The van der Waals surface area contributed by atoms with Crippen molar-refractivity contribution in [3.8, 4) is 0 Å². The maximum absolute atomic E-state index is 12.1. The first-order valence-corrected chi connectivity index (χ1v) is 7.93. The molecule has 0 heterocycles. The fraction of sp³-hybridized carbons (Fsp3) is 0.938. The summed E-state index contributed by atoms with van der Waals surface area (Å²) in [5, 5.41) is 6.60.